The number of hydrogen-bond acceptors (Lipinski definition) is 5. The Labute approximate surface area is 152 Å². The first-order valence-corrected chi connectivity index (χ1v) is 9.21. The Balaban J connectivity index is 2.08. The number of rotatable bonds is 6. The maximum absolute atomic E-state index is 12.3. The van der Waals surface area contributed by atoms with Crippen molar-refractivity contribution < 1.29 is 22.7 Å². The highest BCUT2D eigenvalue weighted by molar-refractivity contribution is 7.89. The van der Waals surface area contributed by atoms with Crippen molar-refractivity contribution in [2.45, 2.75) is 11.8 Å². The van der Waals surface area contributed by atoms with Gasteiger partial charge >= 0.3 is 5.97 Å². The van der Waals surface area contributed by atoms with Crippen LogP contribution in [0.15, 0.2) is 53.4 Å². The largest absolute Gasteiger partial charge is 0.452 e. The monoisotopic (exact) mass is 376 g/mol. The van der Waals surface area contributed by atoms with E-state index in [-0.39, 0.29) is 10.5 Å². The summed E-state index contributed by atoms with van der Waals surface area (Å²) in [4.78, 5) is 24.1. The number of nitrogens with one attached hydrogen (secondary N) is 1. The van der Waals surface area contributed by atoms with Crippen LogP contribution in [0, 0.1) is 6.92 Å². The number of sulfonamides is 1. The number of carbonyl (C=O) groups is 2. The summed E-state index contributed by atoms with van der Waals surface area (Å²) in [6.07, 6.45) is 0. The summed E-state index contributed by atoms with van der Waals surface area (Å²) in [5.74, 6) is -1.25. The van der Waals surface area contributed by atoms with Crippen LogP contribution in [0.3, 0.4) is 0 Å². The maximum Gasteiger partial charge on any atom is 0.338 e. The van der Waals surface area contributed by atoms with Gasteiger partial charge in [-0.15, -0.1) is 0 Å². The van der Waals surface area contributed by atoms with E-state index < -0.39 is 28.5 Å². The van der Waals surface area contributed by atoms with Crippen molar-refractivity contribution in [1.29, 1.82) is 0 Å². The zero-order valence-corrected chi connectivity index (χ0v) is 15.5. The van der Waals surface area contributed by atoms with Crippen molar-refractivity contribution in [3.05, 3.63) is 59.7 Å². The van der Waals surface area contributed by atoms with Crippen LogP contribution in [-0.2, 0) is 19.6 Å². The molecule has 0 heterocycles. The van der Waals surface area contributed by atoms with Crippen molar-refractivity contribution in [1.82, 2.24) is 4.31 Å². The number of para-hydroxylation sites is 1. The lowest BCUT2D eigenvalue weighted by Gasteiger charge is -2.13. The van der Waals surface area contributed by atoms with Gasteiger partial charge in [0.1, 0.15) is 0 Å². The number of benzene rings is 2. The molecule has 1 N–H and O–H groups in total. The van der Waals surface area contributed by atoms with Crippen molar-refractivity contribution in [3.63, 3.8) is 0 Å². The molecule has 0 saturated carbocycles. The second-order valence-electron chi connectivity index (χ2n) is 5.75. The minimum absolute atomic E-state index is 0.0196. The Kier molecular flexibility index (Phi) is 6.12. The number of hydrogen-bond donors (Lipinski definition) is 1. The molecule has 1 amide bonds. The third-order valence-corrected chi connectivity index (χ3v) is 5.41. The summed E-state index contributed by atoms with van der Waals surface area (Å²) in [6, 6.07) is 13.0. The number of nitrogens with zero attached hydrogens (tertiary/aromatic N) is 1. The quantitative estimate of drug-likeness (QED) is 0.779. The summed E-state index contributed by atoms with van der Waals surface area (Å²) in [6.45, 7) is 1.19. The molecule has 0 aromatic heterocycles. The average molecular weight is 376 g/mol. The van der Waals surface area contributed by atoms with Gasteiger partial charge in [0.2, 0.25) is 10.0 Å². The molecule has 0 aliphatic heterocycles. The van der Waals surface area contributed by atoms with Gasteiger partial charge in [0.15, 0.2) is 6.61 Å². The molecular formula is C18H20N2O5S. The molecule has 0 saturated heterocycles. The van der Waals surface area contributed by atoms with Gasteiger partial charge in [-0.3, -0.25) is 4.79 Å². The molecule has 0 aliphatic carbocycles. The molecule has 8 heteroatoms. The van der Waals surface area contributed by atoms with E-state index in [2.05, 4.69) is 5.32 Å². The van der Waals surface area contributed by atoms with Crippen LogP contribution < -0.4 is 5.32 Å². The third-order valence-electron chi connectivity index (χ3n) is 3.60. The number of ether oxygens (including phenoxy) is 1. The minimum atomic E-state index is -3.68. The Morgan fingerprint density at radius 1 is 1.08 bits per heavy atom. The van der Waals surface area contributed by atoms with Crippen LogP contribution in [0.1, 0.15) is 15.9 Å². The standard InChI is InChI=1S/C18H20N2O5S/c1-13-9-10-15(26(23,24)20(2)3)11-16(13)18(22)25-12-17(21)19-14-7-5-4-6-8-14/h4-11H,12H2,1-3H3,(H,19,21). The predicted octanol–water partition coefficient (Wildman–Crippen LogP) is 2.04. The number of aryl methyl sites for hydroxylation is 1. The first-order valence-electron chi connectivity index (χ1n) is 7.77. The van der Waals surface area contributed by atoms with Gasteiger partial charge in [-0.05, 0) is 36.8 Å². The van der Waals surface area contributed by atoms with Gasteiger partial charge in [0.25, 0.3) is 5.91 Å². The summed E-state index contributed by atoms with van der Waals surface area (Å²) >= 11 is 0. The lowest BCUT2D eigenvalue weighted by Crippen LogP contribution is -2.23. The van der Waals surface area contributed by atoms with Gasteiger partial charge in [0.05, 0.1) is 10.5 Å². The fourth-order valence-corrected chi connectivity index (χ4v) is 3.05. The summed E-state index contributed by atoms with van der Waals surface area (Å²) in [7, 11) is -0.868. The summed E-state index contributed by atoms with van der Waals surface area (Å²) in [5, 5.41) is 2.60. The average Bonchev–Trinajstić information content (AvgIpc) is 2.60. The van der Waals surface area contributed by atoms with Crippen LogP contribution in [0.25, 0.3) is 0 Å². The van der Waals surface area contributed by atoms with Crippen LogP contribution in [0.4, 0.5) is 5.69 Å². The first-order chi connectivity index (χ1) is 12.2. The first kappa shape index (κ1) is 19.6. The Bertz CT molecular complexity index is 908. The highest BCUT2D eigenvalue weighted by Crippen LogP contribution is 2.19. The van der Waals surface area contributed by atoms with Crippen molar-refractivity contribution in [2.24, 2.45) is 0 Å². The van der Waals surface area contributed by atoms with E-state index in [0.717, 1.165) is 4.31 Å². The van der Waals surface area contributed by atoms with E-state index in [4.69, 9.17) is 4.74 Å². The topological polar surface area (TPSA) is 92.8 Å². The fraction of sp³-hybridized carbons (Fsp3) is 0.222. The molecule has 2 aromatic carbocycles. The molecule has 0 unspecified atom stereocenters. The SMILES string of the molecule is Cc1ccc(S(=O)(=O)N(C)C)cc1C(=O)OCC(=O)Nc1ccccc1. The van der Waals surface area contributed by atoms with E-state index in [0.29, 0.717) is 11.3 Å². The van der Waals surface area contributed by atoms with Gasteiger partial charge in [-0.25, -0.2) is 17.5 Å². The molecule has 0 atom stereocenters. The lowest BCUT2D eigenvalue weighted by atomic mass is 10.1. The van der Waals surface area contributed by atoms with Crippen LogP contribution in [0.2, 0.25) is 0 Å². The Morgan fingerprint density at radius 2 is 1.73 bits per heavy atom. The number of amides is 1. The molecule has 2 rings (SSSR count). The Hall–Kier alpha value is -2.71. The summed E-state index contributed by atoms with van der Waals surface area (Å²) < 4.78 is 30.5. The molecule has 0 fully saturated rings. The highest BCUT2D eigenvalue weighted by Gasteiger charge is 2.21. The number of esters is 1. The number of anilines is 1. The van der Waals surface area contributed by atoms with Crippen LogP contribution in [0.5, 0.6) is 0 Å². The van der Waals surface area contributed by atoms with Crippen molar-refractivity contribution in [3.8, 4) is 0 Å². The summed E-state index contributed by atoms with van der Waals surface area (Å²) in [5.41, 5.74) is 1.24. The second kappa shape index (κ2) is 8.11. The van der Waals surface area contributed by atoms with Crippen molar-refractivity contribution >= 4 is 27.6 Å². The van der Waals surface area contributed by atoms with Crippen LogP contribution in [-0.4, -0.2) is 45.3 Å². The van der Waals surface area contributed by atoms with E-state index >= 15 is 0 Å². The fourth-order valence-electron chi connectivity index (χ4n) is 2.12. The highest BCUT2D eigenvalue weighted by atomic mass is 32.2. The minimum Gasteiger partial charge on any atom is -0.452 e. The predicted molar refractivity (Wildman–Crippen MR) is 97.4 cm³/mol. The molecule has 0 aliphatic rings. The van der Waals surface area contributed by atoms with Gasteiger partial charge in [0, 0.05) is 19.8 Å². The Morgan fingerprint density at radius 3 is 2.35 bits per heavy atom. The number of carbonyl (C=O) groups excluding carboxylic acids is 2. The van der Waals surface area contributed by atoms with E-state index in [1.165, 1.54) is 32.3 Å². The maximum atomic E-state index is 12.3. The van der Waals surface area contributed by atoms with Gasteiger partial charge < -0.3 is 10.1 Å². The molecule has 138 valence electrons. The van der Waals surface area contributed by atoms with E-state index in [1.807, 2.05) is 6.07 Å². The molecule has 0 bridgehead atoms. The van der Waals surface area contributed by atoms with Gasteiger partial charge in [-0.1, -0.05) is 24.3 Å². The molecule has 7 nitrogen and oxygen atoms in total. The van der Waals surface area contributed by atoms with Crippen LogP contribution >= 0.6 is 0 Å². The molecule has 0 spiro atoms. The second-order valence-corrected chi connectivity index (χ2v) is 7.91. The third kappa shape index (κ3) is 4.68. The molecular weight excluding hydrogens is 356 g/mol. The smallest absolute Gasteiger partial charge is 0.338 e. The zero-order chi connectivity index (χ0) is 19.3. The zero-order valence-electron chi connectivity index (χ0n) is 14.7. The normalized spacial score (nSPS) is 11.2. The van der Waals surface area contributed by atoms with Crippen molar-refractivity contribution in [2.75, 3.05) is 26.0 Å². The molecule has 26 heavy (non-hydrogen) atoms. The van der Waals surface area contributed by atoms with E-state index in [1.54, 1.807) is 31.2 Å². The van der Waals surface area contributed by atoms with E-state index in [9.17, 15) is 18.0 Å². The van der Waals surface area contributed by atoms with Gasteiger partial charge in [-0.2, -0.15) is 0 Å². The molecule has 0 radical (unpaired) electrons. The lowest BCUT2D eigenvalue weighted by molar-refractivity contribution is -0.119. The molecule has 2 aromatic rings.